The Hall–Kier alpha value is -0.900. The largest absolute Gasteiger partial charge is 0.469 e. The molecular formula is C23H34O4. The Kier molecular flexibility index (Phi) is 3.75. The fourth-order valence-corrected chi connectivity index (χ4v) is 8.83. The third kappa shape index (κ3) is 1.99. The lowest BCUT2D eigenvalue weighted by molar-refractivity contribution is -0.307. The molecule has 6 fully saturated rings. The molecular weight excluding hydrogens is 340 g/mol. The summed E-state index contributed by atoms with van der Waals surface area (Å²) in [5.74, 6) is 1.81. The van der Waals surface area contributed by atoms with Crippen molar-refractivity contribution in [1.82, 2.24) is 0 Å². The SMILES string of the molecule is COC(=O)[C@H](C)[C@@H]1CC[C@@H]2[C@H]3CC[C@H]4C[C@H]5CC[C@]4(C)[C@@]3(O5)C(=O)C[C@@]21C. The smallest absolute Gasteiger partial charge is 0.308 e. The lowest BCUT2D eigenvalue weighted by Crippen LogP contribution is -2.75. The monoisotopic (exact) mass is 374 g/mol. The van der Waals surface area contributed by atoms with Crippen LogP contribution in [0.1, 0.15) is 72.1 Å². The van der Waals surface area contributed by atoms with Gasteiger partial charge in [0.05, 0.1) is 19.1 Å². The van der Waals surface area contributed by atoms with Gasteiger partial charge in [0, 0.05) is 11.8 Å². The number of hydrogen-bond acceptors (Lipinski definition) is 4. The van der Waals surface area contributed by atoms with E-state index in [1.807, 2.05) is 6.92 Å². The summed E-state index contributed by atoms with van der Waals surface area (Å²) in [7, 11) is 1.48. The molecule has 1 spiro atoms. The highest BCUT2D eigenvalue weighted by molar-refractivity contribution is 5.91. The highest BCUT2D eigenvalue weighted by atomic mass is 16.5. The van der Waals surface area contributed by atoms with Gasteiger partial charge in [-0.3, -0.25) is 9.59 Å². The van der Waals surface area contributed by atoms with E-state index in [9.17, 15) is 9.59 Å². The van der Waals surface area contributed by atoms with Crippen molar-refractivity contribution in [3.63, 3.8) is 0 Å². The molecule has 150 valence electrons. The first-order valence-corrected chi connectivity index (χ1v) is 11.1. The number of ether oxygens (including phenoxy) is 2. The summed E-state index contributed by atoms with van der Waals surface area (Å²) < 4.78 is 11.8. The van der Waals surface area contributed by atoms with Gasteiger partial charge in [0.15, 0.2) is 5.78 Å². The van der Waals surface area contributed by atoms with Gasteiger partial charge < -0.3 is 9.47 Å². The predicted molar refractivity (Wildman–Crippen MR) is 101 cm³/mol. The second-order valence-electron chi connectivity index (χ2n) is 10.8. The summed E-state index contributed by atoms with van der Waals surface area (Å²) >= 11 is 0. The zero-order valence-electron chi connectivity index (χ0n) is 17.3. The van der Waals surface area contributed by atoms with E-state index < -0.39 is 5.60 Å². The molecule has 0 unspecified atom stereocenters. The van der Waals surface area contributed by atoms with Crippen LogP contribution in [0.4, 0.5) is 0 Å². The average Bonchev–Trinajstić information content (AvgIpc) is 2.96. The summed E-state index contributed by atoms with van der Waals surface area (Å²) in [6, 6.07) is 0. The van der Waals surface area contributed by atoms with Gasteiger partial charge >= 0.3 is 5.97 Å². The molecule has 4 saturated carbocycles. The third-order valence-corrected chi connectivity index (χ3v) is 10.1. The molecule has 4 heteroatoms. The van der Waals surface area contributed by atoms with Gasteiger partial charge in [0.25, 0.3) is 0 Å². The average molecular weight is 375 g/mol. The number of hydrogen-bond donors (Lipinski definition) is 0. The minimum absolute atomic E-state index is 0.0229. The van der Waals surface area contributed by atoms with E-state index in [-0.39, 0.29) is 28.6 Å². The van der Waals surface area contributed by atoms with Crippen LogP contribution in [0.5, 0.6) is 0 Å². The van der Waals surface area contributed by atoms with Gasteiger partial charge in [0.1, 0.15) is 5.60 Å². The molecule has 0 N–H and O–H groups in total. The summed E-state index contributed by atoms with van der Waals surface area (Å²) in [4.78, 5) is 26.1. The Morgan fingerprint density at radius 3 is 2.63 bits per heavy atom. The molecule has 9 atom stereocenters. The minimum Gasteiger partial charge on any atom is -0.469 e. The molecule has 0 aromatic heterocycles. The van der Waals surface area contributed by atoms with Gasteiger partial charge in [0.2, 0.25) is 0 Å². The number of fused-ring (bicyclic) bond motifs is 3. The Morgan fingerprint density at radius 1 is 1.15 bits per heavy atom. The van der Waals surface area contributed by atoms with Crippen molar-refractivity contribution in [2.75, 3.05) is 7.11 Å². The van der Waals surface area contributed by atoms with Crippen molar-refractivity contribution in [1.29, 1.82) is 0 Å². The van der Waals surface area contributed by atoms with Crippen molar-refractivity contribution in [3.05, 3.63) is 0 Å². The maximum absolute atomic E-state index is 13.9. The van der Waals surface area contributed by atoms with Crippen molar-refractivity contribution in [2.45, 2.75) is 83.8 Å². The molecule has 0 radical (unpaired) electrons. The van der Waals surface area contributed by atoms with E-state index in [0.29, 0.717) is 36.1 Å². The molecule has 0 amide bonds. The van der Waals surface area contributed by atoms with Crippen molar-refractivity contribution >= 4 is 11.8 Å². The highest BCUT2D eigenvalue weighted by Gasteiger charge is 2.74. The van der Waals surface area contributed by atoms with E-state index in [4.69, 9.17) is 9.47 Å². The molecule has 2 heterocycles. The predicted octanol–water partition coefficient (Wildman–Crippen LogP) is 4.15. The number of carbonyl (C=O) groups excluding carboxylic acids is 2. The van der Waals surface area contributed by atoms with E-state index in [2.05, 4.69) is 13.8 Å². The fraction of sp³-hybridized carbons (Fsp3) is 0.913. The van der Waals surface area contributed by atoms with Crippen molar-refractivity contribution < 1.29 is 19.1 Å². The molecule has 4 nitrogen and oxygen atoms in total. The maximum Gasteiger partial charge on any atom is 0.308 e. The van der Waals surface area contributed by atoms with Gasteiger partial charge in [-0.05, 0) is 74.0 Å². The number of esters is 1. The molecule has 0 aromatic carbocycles. The maximum atomic E-state index is 13.9. The highest BCUT2D eigenvalue weighted by Crippen LogP contribution is 2.72. The van der Waals surface area contributed by atoms with Crippen LogP contribution in [-0.4, -0.2) is 30.6 Å². The summed E-state index contributed by atoms with van der Waals surface area (Å²) in [6.07, 6.45) is 8.82. The number of methoxy groups -OCH3 is 1. The molecule has 2 saturated heterocycles. The van der Waals surface area contributed by atoms with Crippen molar-refractivity contribution in [3.8, 4) is 0 Å². The molecule has 4 bridgehead atoms. The fourth-order valence-electron chi connectivity index (χ4n) is 8.83. The normalized spacial score (nSPS) is 54.2. The summed E-state index contributed by atoms with van der Waals surface area (Å²) in [5.41, 5.74) is -0.608. The molecule has 6 aliphatic rings. The molecule has 27 heavy (non-hydrogen) atoms. The molecule has 4 aliphatic carbocycles. The standard InChI is InChI=1S/C23H34O4/c1-13(20(25)26-4)16-7-8-17-18-6-5-14-11-15-9-10-22(14,3)23(18,27-15)19(24)12-21(16,17)2/h13-18H,5-12H2,1-4H3/t13-,14+,15-,16+,17-,18-,21-,22+,23+/m1/s1. The van der Waals surface area contributed by atoms with Crippen LogP contribution in [0.15, 0.2) is 0 Å². The van der Waals surface area contributed by atoms with Crippen LogP contribution in [-0.2, 0) is 19.1 Å². The minimum atomic E-state index is -0.537. The molecule has 6 rings (SSSR count). The van der Waals surface area contributed by atoms with Gasteiger partial charge in [-0.25, -0.2) is 0 Å². The second-order valence-corrected chi connectivity index (χ2v) is 10.8. The number of rotatable bonds is 2. The van der Waals surface area contributed by atoms with Gasteiger partial charge in [-0.15, -0.1) is 0 Å². The third-order valence-electron chi connectivity index (χ3n) is 10.1. The van der Waals surface area contributed by atoms with Crippen LogP contribution in [0, 0.1) is 40.4 Å². The van der Waals surface area contributed by atoms with E-state index in [1.54, 1.807) is 0 Å². The first-order chi connectivity index (χ1) is 12.8. The number of ketones is 1. The van der Waals surface area contributed by atoms with Crippen LogP contribution >= 0.6 is 0 Å². The van der Waals surface area contributed by atoms with Crippen LogP contribution in [0.25, 0.3) is 0 Å². The zero-order valence-corrected chi connectivity index (χ0v) is 17.3. The lowest BCUT2D eigenvalue weighted by atomic mass is 9.40. The topological polar surface area (TPSA) is 52.6 Å². The summed E-state index contributed by atoms with van der Waals surface area (Å²) in [5, 5.41) is 0. The van der Waals surface area contributed by atoms with Crippen LogP contribution in [0.3, 0.4) is 0 Å². The quantitative estimate of drug-likeness (QED) is 0.681. The van der Waals surface area contributed by atoms with E-state index >= 15 is 0 Å². The Bertz CT molecular complexity index is 688. The zero-order chi connectivity index (χ0) is 19.2. The van der Waals surface area contributed by atoms with Crippen LogP contribution < -0.4 is 0 Å². The second kappa shape index (κ2) is 5.58. The first kappa shape index (κ1) is 18.1. The molecule has 0 aromatic rings. The van der Waals surface area contributed by atoms with Gasteiger partial charge in [-0.1, -0.05) is 20.8 Å². The summed E-state index contributed by atoms with van der Waals surface area (Å²) in [6.45, 7) is 6.65. The Labute approximate surface area is 162 Å². The van der Waals surface area contributed by atoms with Crippen molar-refractivity contribution in [2.24, 2.45) is 40.4 Å². The van der Waals surface area contributed by atoms with E-state index in [1.165, 1.54) is 13.5 Å². The number of Topliss-reactive ketones (excluding diaryl/α,β-unsaturated/α-hetero) is 1. The Morgan fingerprint density at radius 2 is 1.89 bits per heavy atom. The Balaban J connectivity index is 1.55. The number of carbonyl (C=O) groups is 2. The van der Waals surface area contributed by atoms with Crippen LogP contribution in [0.2, 0.25) is 0 Å². The lowest BCUT2D eigenvalue weighted by Gasteiger charge is -2.70. The van der Waals surface area contributed by atoms with Gasteiger partial charge in [-0.2, -0.15) is 0 Å². The first-order valence-electron chi connectivity index (χ1n) is 11.1. The van der Waals surface area contributed by atoms with E-state index in [0.717, 1.165) is 38.5 Å². The molecule has 2 aliphatic heterocycles.